The molecule has 2 aromatic carbocycles. The molecule has 0 saturated heterocycles. The van der Waals surface area contributed by atoms with Gasteiger partial charge in [0.2, 0.25) is 0 Å². The number of rotatable bonds is 6. The lowest BCUT2D eigenvalue weighted by molar-refractivity contribution is 0.328. The van der Waals surface area contributed by atoms with Crippen LogP contribution < -0.4 is 10.1 Å². The van der Waals surface area contributed by atoms with Gasteiger partial charge in [-0.1, -0.05) is 49.7 Å². The topological polar surface area (TPSA) is 21.3 Å². The number of aryl methyl sites for hydroxylation is 1. The van der Waals surface area contributed by atoms with Gasteiger partial charge < -0.3 is 10.1 Å². The Morgan fingerprint density at radius 3 is 2.62 bits per heavy atom. The molecule has 21 heavy (non-hydrogen) atoms. The molecule has 0 heterocycles. The predicted octanol–water partition coefficient (Wildman–Crippen LogP) is 5.26. The van der Waals surface area contributed by atoms with Crippen molar-refractivity contribution in [3.8, 4) is 5.75 Å². The van der Waals surface area contributed by atoms with Gasteiger partial charge in [-0.15, -0.1) is 0 Å². The molecule has 0 amide bonds. The van der Waals surface area contributed by atoms with Crippen molar-refractivity contribution in [2.75, 3.05) is 18.5 Å². The average molecular weight is 304 g/mol. The quantitative estimate of drug-likeness (QED) is 0.735. The van der Waals surface area contributed by atoms with Crippen LogP contribution in [0.25, 0.3) is 0 Å². The van der Waals surface area contributed by atoms with Crippen LogP contribution in [0.4, 0.5) is 5.69 Å². The monoisotopic (exact) mass is 303 g/mol. The third kappa shape index (κ3) is 4.40. The van der Waals surface area contributed by atoms with Crippen LogP contribution in [0.3, 0.4) is 0 Å². The van der Waals surface area contributed by atoms with E-state index in [1.165, 1.54) is 5.56 Å². The van der Waals surface area contributed by atoms with Gasteiger partial charge in [-0.3, -0.25) is 0 Å². The van der Waals surface area contributed by atoms with E-state index < -0.39 is 0 Å². The molecule has 2 aromatic rings. The maximum atomic E-state index is 6.11. The van der Waals surface area contributed by atoms with E-state index in [4.69, 9.17) is 16.3 Å². The molecule has 2 nitrogen and oxygen atoms in total. The molecular formula is C18H22ClNO. The summed E-state index contributed by atoms with van der Waals surface area (Å²) in [6.07, 6.45) is 0. The lowest BCUT2D eigenvalue weighted by Crippen LogP contribution is -2.12. The largest absolute Gasteiger partial charge is 0.491 e. The molecule has 112 valence electrons. The molecule has 0 aromatic heterocycles. The zero-order valence-corrected chi connectivity index (χ0v) is 13.6. The number of anilines is 1. The molecule has 0 bridgehead atoms. The highest BCUT2D eigenvalue weighted by atomic mass is 35.5. The second kappa shape index (κ2) is 7.37. The Morgan fingerprint density at radius 1 is 1.14 bits per heavy atom. The van der Waals surface area contributed by atoms with Crippen molar-refractivity contribution < 1.29 is 4.74 Å². The molecule has 0 aliphatic rings. The summed E-state index contributed by atoms with van der Waals surface area (Å²) in [6.45, 7) is 7.71. The van der Waals surface area contributed by atoms with Gasteiger partial charge in [0, 0.05) is 17.3 Å². The maximum Gasteiger partial charge on any atom is 0.122 e. The van der Waals surface area contributed by atoms with Crippen molar-refractivity contribution in [1.29, 1.82) is 0 Å². The van der Waals surface area contributed by atoms with Crippen molar-refractivity contribution in [3.05, 3.63) is 58.6 Å². The third-order valence-electron chi connectivity index (χ3n) is 3.40. The fraction of sp³-hybridized carbons (Fsp3) is 0.333. The summed E-state index contributed by atoms with van der Waals surface area (Å²) in [7, 11) is 0. The van der Waals surface area contributed by atoms with Crippen molar-refractivity contribution in [3.63, 3.8) is 0 Å². The van der Waals surface area contributed by atoms with E-state index in [2.05, 4.69) is 31.3 Å². The highest BCUT2D eigenvalue weighted by Crippen LogP contribution is 2.25. The Morgan fingerprint density at radius 2 is 1.90 bits per heavy atom. The minimum atomic E-state index is 0.463. The van der Waals surface area contributed by atoms with Gasteiger partial charge >= 0.3 is 0 Å². The van der Waals surface area contributed by atoms with Crippen molar-refractivity contribution >= 4 is 17.3 Å². The van der Waals surface area contributed by atoms with Crippen molar-refractivity contribution in [1.82, 2.24) is 0 Å². The van der Waals surface area contributed by atoms with Crippen LogP contribution in [-0.2, 0) is 0 Å². The predicted molar refractivity (Wildman–Crippen MR) is 90.7 cm³/mol. The Balaban J connectivity index is 1.86. The normalized spacial score (nSPS) is 10.7. The Labute approximate surface area is 132 Å². The summed E-state index contributed by atoms with van der Waals surface area (Å²) in [5.74, 6) is 1.43. The van der Waals surface area contributed by atoms with E-state index in [1.54, 1.807) is 0 Å². The van der Waals surface area contributed by atoms with Crippen molar-refractivity contribution in [2.24, 2.45) is 0 Å². The smallest absolute Gasteiger partial charge is 0.122 e. The molecule has 3 heteroatoms. The minimum absolute atomic E-state index is 0.463. The van der Waals surface area contributed by atoms with Gasteiger partial charge in [-0.05, 0) is 42.2 Å². The summed E-state index contributed by atoms with van der Waals surface area (Å²) in [5, 5.41) is 4.11. The summed E-state index contributed by atoms with van der Waals surface area (Å²) in [6, 6.07) is 14.2. The molecule has 0 fully saturated rings. The minimum Gasteiger partial charge on any atom is -0.491 e. The highest BCUT2D eigenvalue weighted by Gasteiger charge is 2.06. The summed E-state index contributed by atoms with van der Waals surface area (Å²) >= 11 is 6.11. The first kappa shape index (κ1) is 15.7. The molecule has 0 aliphatic carbocycles. The number of benzene rings is 2. The molecule has 0 radical (unpaired) electrons. The van der Waals surface area contributed by atoms with Crippen LogP contribution in [0.15, 0.2) is 42.5 Å². The molecule has 0 atom stereocenters. The molecule has 0 aliphatic heterocycles. The van der Waals surface area contributed by atoms with E-state index in [9.17, 15) is 0 Å². The van der Waals surface area contributed by atoms with Gasteiger partial charge in [0.15, 0.2) is 0 Å². The Kier molecular flexibility index (Phi) is 5.51. The number of hydrogen-bond donors (Lipinski definition) is 1. The number of para-hydroxylation sites is 1. The van der Waals surface area contributed by atoms with E-state index in [0.717, 1.165) is 28.6 Å². The number of halogens is 1. The lowest BCUT2D eigenvalue weighted by atomic mass is 10.0. The number of nitrogens with one attached hydrogen (secondary N) is 1. The van der Waals surface area contributed by atoms with Crippen LogP contribution >= 0.6 is 11.6 Å². The fourth-order valence-electron chi connectivity index (χ4n) is 2.15. The average Bonchev–Trinajstić information content (AvgIpc) is 2.47. The Hall–Kier alpha value is -1.67. The zero-order valence-electron chi connectivity index (χ0n) is 12.8. The van der Waals surface area contributed by atoms with Gasteiger partial charge in [-0.2, -0.15) is 0 Å². The second-order valence-electron chi connectivity index (χ2n) is 5.43. The summed E-state index contributed by atoms with van der Waals surface area (Å²) in [4.78, 5) is 0. The van der Waals surface area contributed by atoms with E-state index >= 15 is 0 Å². The van der Waals surface area contributed by atoms with Gasteiger partial charge in [0.1, 0.15) is 12.4 Å². The molecule has 1 N–H and O–H groups in total. The SMILES string of the molecule is Cc1ccc(NCCOc2ccccc2C(C)C)cc1Cl. The molecule has 0 saturated carbocycles. The van der Waals surface area contributed by atoms with E-state index in [1.807, 2.05) is 37.3 Å². The highest BCUT2D eigenvalue weighted by molar-refractivity contribution is 6.31. The van der Waals surface area contributed by atoms with Gasteiger partial charge in [0.05, 0.1) is 0 Å². The van der Waals surface area contributed by atoms with Crippen LogP contribution in [-0.4, -0.2) is 13.2 Å². The number of ether oxygens (including phenoxy) is 1. The first-order chi connectivity index (χ1) is 10.1. The first-order valence-corrected chi connectivity index (χ1v) is 7.67. The summed E-state index contributed by atoms with van der Waals surface area (Å²) < 4.78 is 5.88. The lowest BCUT2D eigenvalue weighted by Gasteiger charge is -2.14. The molecular weight excluding hydrogens is 282 g/mol. The fourth-order valence-corrected chi connectivity index (χ4v) is 2.33. The third-order valence-corrected chi connectivity index (χ3v) is 3.81. The van der Waals surface area contributed by atoms with Gasteiger partial charge in [0.25, 0.3) is 0 Å². The Bertz CT molecular complexity index is 596. The van der Waals surface area contributed by atoms with E-state index in [-0.39, 0.29) is 0 Å². The van der Waals surface area contributed by atoms with Crippen LogP contribution in [0, 0.1) is 6.92 Å². The van der Waals surface area contributed by atoms with E-state index in [0.29, 0.717) is 12.5 Å². The molecule has 0 spiro atoms. The van der Waals surface area contributed by atoms with Gasteiger partial charge in [-0.25, -0.2) is 0 Å². The zero-order chi connectivity index (χ0) is 15.2. The number of hydrogen-bond acceptors (Lipinski definition) is 2. The molecule has 0 unspecified atom stereocenters. The van der Waals surface area contributed by atoms with Crippen LogP contribution in [0.5, 0.6) is 5.75 Å². The summed E-state index contributed by atoms with van der Waals surface area (Å²) in [5.41, 5.74) is 3.35. The van der Waals surface area contributed by atoms with Crippen molar-refractivity contribution in [2.45, 2.75) is 26.7 Å². The first-order valence-electron chi connectivity index (χ1n) is 7.29. The maximum absolute atomic E-state index is 6.11. The molecule has 2 rings (SSSR count). The van der Waals surface area contributed by atoms with Crippen LogP contribution in [0.1, 0.15) is 30.9 Å². The van der Waals surface area contributed by atoms with Crippen LogP contribution in [0.2, 0.25) is 5.02 Å². The standard InChI is InChI=1S/C18H22ClNO/c1-13(2)16-6-4-5-7-18(16)21-11-10-20-15-9-8-14(3)17(19)12-15/h4-9,12-13,20H,10-11H2,1-3H3. The second-order valence-corrected chi connectivity index (χ2v) is 5.84.